The molecule has 2 N–H and O–H groups in total. The fourth-order valence-corrected chi connectivity index (χ4v) is 1.95. The van der Waals surface area contributed by atoms with Crippen LogP contribution in [0.2, 0.25) is 0 Å². The molecular weight excluding hydrogens is 340 g/mol. The number of hydrogen-bond acceptors (Lipinski definition) is 7. The Hall–Kier alpha value is -4.02. The summed E-state index contributed by atoms with van der Waals surface area (Å²) < 4.78 is 5.26. The minimum atomic E-state index is -1.55. The van der Waals surface area contributed by atoms with Crippen molar-refractivity contribution in [2.75, 3.05) is 0 Å². The van der Waals surface area contributed by atoms with Gasteiger partial charge >= 0.3 is 11.9 Å². The highest BCUT2D eigenvalue weighted by Crippen LogP contribution is 2.30. The molecule has 0 saturated heterocycles. The Kier molecular flexibility index (Phi) is 4.59. The second-order valence-corrected chi connectivity index (χ2v) is 4.58. The molecule has 0 aliphatic carbocycles. The monoisotopic (exact) mass is 348 g/mol. The van der Waals surface area contributed by atoms with Gasteiger partial charge in [-0.2, -0.15) is 0 Å². The first kappa shape index (κ1) is 17.3. The van der Waals surface area contributed by atoms with Crippen LogP contribution in [0.15, 0.2) is 36.4 Å². The second-order valence-electron chi connectivity index (χ2n) is 4.58. The molecule has 0 radical (unpaired) electrons. The molecule has 0 aliphatic heterocycles. The van der Waals surface area contributed by atoms with Crippen LogP contribution in [-0.2, 0) is 0 Å². The average Bonchev–Trinajstić information content (AvgIpc) is 2.54. The lowest BCUT2D eigenvalue weighted by Gasteiger charge is -2.08. The lowest BCUT2D eigenvalue weighted by Crippen LogP contribution is -2.04. The number of aromatic carboxylic acids is 2. The van der Waals surface area contributed by atoms with Crippen molar-refractivity contribution in [2.24, 2.45) is 0 Å². The lowest BCUT2D eigenvalue weighted by atomic mass is 10.1. The molecule has 11 heteroatoms. The van der Waals surface area contributed by atoms with Gasteiger partial charge in [-0.3, -0.25) is 20.2 Å². The molecule has 0 spiro atoms. The van der Waals surface area contributed by atoms with Gasteiger partial charge in [-0.1, -0.05) is 0 Å². The molecule has 2 aromatic carbocycles. The molecule has 2 aromatic rings. The molecule has 128 valence electrons. The van der Waals surface area contributed by atoms with Gasteiger partial charge < -0.3 is 14.9 Å². The fourth-order valence-electron chi connectivity index (χ4n) is 1.95. The highest BCUT2D eigenvalue weighted by molar-refractivity contribution is 5.93. The zero-order chi connectivity index (χ0) is 18.7. The van der Waals surface area contributed by atoms with Crippen LogP contribution in [0, 0.1) is 20.2 Å². The van der Waals surface area contributed by atoms with E-state index in [0.717, 1.165) is 36.4 Å². The first-order chi connectivity index (χ1) is 11.7. The van der Waals surface area contributed by atoms with E-state index in [1.807, 2.05) is 0 Å². The van der Waals surface area contributed by atoms with E-state index in [1.54, 1.807) is 0 Å². The van der Waals surface area contributed by atoms with Crippen molar-refractivity contribution in [2.45, 2.75) is 0 Å². The normalized spacial score (nSPS) is 10.1. The van der Waals surface area contributed by atoms with Crippen molar-refractivity contribution in [3.63, 3.8) is 0 Å². The maximum absolute atomic E-state index is 11.1. The third kappa shape index (κ3) is 3.67. The zero-order valence-electron chi connectivity index (χ0n) is 12.1. The van der Waals surface area contributed by atoms with Gasteiger partial charge in [-0.25, -0.2) is 9.59 Å². The fraction of sp³-hybridized carbons (Fsp3) is 0. The molecule has 25 heavy (non-hydrogen) atoms. The Morgan fingerprint density at radius 1 is 0.800 bits per heavy atom. The van der Waals surface area contributed by atoms with Gasteiger partial charge in [0.2, 0.25) is 0 Å². The van der Waals surface area contributed by atoms with Crippen LogP contribution in [-0.4, -0.2) is 32.0 Å². The summed E-state index contributed by atoms with van der Waals surface area (Å²) in [5, 5.41) is 39.6. The number of nitrogens with zero attached hydrogens (tertiary/aromatic N) is 2. The van der Waals surface area contributed by atoms with E-state index in [4.69, 9.17) is 14.9 Å². The highest BCUT2D eigenvalue weighted by Gasteiger charge is 2.22. The molecule has 0 aromatic heterocycles. The van der Waals surface area contributed by atoms with Crippen LogP contribution in [0.4, 0.5) is 11.4 Å². The Morgan fingerprint density at radius 3 is 1.44 bits per heavy atom. The van der Waals surface area contributed by atoms with E-state index >= 15 is 0 Å². The summed E-state index contributed by atoms with van der Waals surface area (Å²) in [6, 6.07) is 5.86. The van der Waals surface area contributed by atoms with Crippen molar-refractivity contribution in [3.8, 4) is 11.5 Å². The van der Waals surface area contributed by atoms with Gasteiger partial charge in [-0.05, 0) is 12.1 Å². The predicted molar refractivity (Wildman–Crippen MR) is 80.2 cm³/mol. The summed E-state index contributed by atoms with van der Waals surface area (Å²) in [6.45, 7) is 0. The number of carbonyl (C=O) groups is 2. The van der Waals surface area contributed by atoms with Crippen LogP contribution in [0.5, 0.6) is 11.5 Å². The van der Waals surface area contributed by atoms with Crippen LogP contribution in [0.1, 0.15) is 20.7 Å². The number of carboxylic acid groups (broad SMARTS) is 2. The minimum absolute atomic E-state index is 0.117. The van der Waals surface area contributed by atoms with Crippen LogP contribution < -0.4 is 4.74 Å². The van der Waals surface area contributed by atoms with E-state index in [2.05, 4.69) is 0 Å². The van der Waals surface area contributed by atoms with Gasteiger partial charge in [0.15, 0.2) is 0 Å². The minimum Gasteiger partial charge on any atom is -0.477 e. The third-order valence-electron chi connectivity index (χ3n) is 3.03. The number of carboxylic acids is 2. The quantitative estimate of drug-likeness (QED) is 0.588. The molecule has 0 amide bonds. The molecule has 0 unspecified atom stereocenters. The van der Waals surface area contributed by atoms with Gasteiger partial charge in [0.25, 0.3) is 11.4 Å². The van der Waals surface area contributed by atoms with Gasteiger partial charge in [0, 0.05) is 24.3 Å². The summed E-state index contributed by atoms with van der Waals surface area (Å²) in [6.07, 6.45) is 0. The second kappa shape index (κ2) is 6.62. The SMILES string of the molecule is O=C(O)c1cc(Oc2ccc([N+](=O)[O-])c(C(=O)O)c2)ccc1[N+](=O)[O-]. The zero-order valence-corrected chi connectivity index (χ0v) is 12.1. The molecule has 2 rings (SSSR count). The third-order valence-corrected chi connectivity index (χ3v) is 3.03. The molecule has 0 aliphatic rings. The Labute approximate surface area is 138 Å². The van der Waals surface area contributed by atoms with E-state index in [1.165, 1.54) is 0 Å². The Bertz CT molecular complexity index is 834. The summed E-state index contributed by atoms with van der Waals surface area (Å²) in [7, 11) is 0. The van der Waals surface area contributed by atoms with E-state index in [0.29, 0.717) is 0 Å². The summed E-state index contributed by atoms with van der Waals surface area (Å²) in [5.41, 5.74) is -2.53. The van der Waals surface area contributed by atoms with Crippen molar-refractivity contribution in [1.29, 1.82) is 0 Å². The predicted octanol–water partition coefficient (Wildman–Crippen LogP) is 2.69. The number of benzene rings is 2. The molecule has 0 heterocycles. The first-order valence-corrected chi connectivity index (χ1v) is 6.42. The van der Waals surface area contributed by atoms with Crippen LogP contribution in [0.25, 0.3) is 0 Å². The van der Waals surface area contributed by atoms with Gasteiger partial charge in [-0.15, -0.1) is 0 Å². The lowest BCUT2D eigenvalue weighted by molar-refractivity contribution is -0.385. The molecule has 0 saturated carbocycles. The van der Waals surface area contributed by atoms with E-state index in [9.17, 15) is 29.8 Å². The average molecular weight is 348 g/mol. The maximum atomic E-state index is 11.1. The highest BCUT2D eigenvalue weighted by atomic mass is 16.6. The molecule has 0 bridgehead atoms. The summed E-state index contributed by atoms with van der Waals surface area (Å²) >= 11 is 0. The standard InChI is InChI=1S/C14H8N2O9/c17-13(18)9-5-7(1-3-11(9)15(21)22)25-8-2-4-12(16(23)24)10(6-8)14(19)20/h1-6H,(H,17,18)(H,19,20). The molecule has 0 fully saturated rings. The largest absolute Gasteiger partial charge is 0.477 e. The number of hydrogen-bond donors (Lipinski definition) is 2. The van der Waals surface area contributed by atoms with Crippen molar-refractivity contribution < 1.29 is 34.4 Å². The van der Waals surface area contributed by atoms with Crippen molar-refractivity contribution in [1.82, 2.24) is 0 Å². The topological polar surface area (TPSA) is 170 Å². The van der Waals surface area contributed by atoms with Crippen molar-refractivity contribution >= 4 is 23.3 Å². The summed E-state index contributed by atoms with van der Waals surface area (Å²) in [5.74, 6) is -3.33. The smallest absolute Gasteiger partial charge is 0.342 e. The number of rotatable bonds is 6. The summed E-state index contributed by atoms with van der Waals surface area (Å²) in [4.78, 5) is 42.0. The molecule has 0 atom stereocenters. The van der Waals surface area contributed by atoms with Crippen LogP contribution in [0.3, 0.4) is 0 Å². The maximum Gasteiger partial charge on any atom is 0.342 e. The van der Waals surface area contributed by atoms with Gasteiger partial charge in [0.1, 0.15) is 22.6 Å². The van der Waals surface area contributed by atoms with E-state index in [-0.39, 0.29) is 11.5 Å². The van der Waals surface area contributed by atoms with E-state index < -0.39 is 44.3 Å². The Balaban J connectivity index is 2.43. The Morgan fingerprint density at radius 2 is 1.16 bits per heavy atom. The number of ether oxygens (including phenoxy) is 1. The number of nitro benzene ring substituents is 2. The van der Waals surface area contributed by atoms with Crippen molar-refractivity contribution in [3.05, 3.63) is 67.8 Å². The number of nitro groups is 2. The van der Waals surface area contributed by atoms with Gasteiger partial charge in [0.05, 0.1) is 9.85 Å². The molecular formula is C14H8N2O9. The molecule has 11 nitrogen and oxygen atoms in total. The van der Waals surface area contributed by atoms with Crippen LogP contribution >= 0.6 is 0 Å². The first-order valence-electron chi connectivity index (χ1n) is 6.42.